The van der Waals surface area contributed by atoms with E-state index in [4.69, 9.17) is 4.98 Å². The van der Waals surface area contributed by atoms with Gasteiger partial charge in [0.15, 0.2) is 0 Å². The Bertz CT molecular complexity index is 2710. The maximum absolute atomic E-state index is 5.08. The molecule has 0 N–H and O–H groups in total. The van der Waals surface area contributed by atoms with Crippen LogP contribution in [0.5, 0.6) is 0 Å². The van der Waals surface area contributed by atoms with Crippen LogP contribution in [0, 0.1) is 0 Å². The Balaban J connectivity index is 1.32. The molecule has 0 bridgehead atoms. The molecule has 0 saturated carbocycles. The number of aromatic nitrogens is 2. The van der Waals surface area contributed by atoms with Gasteiger partial charge in [-0.1, -0.05) is 184 Å². The number of hydrogen-bond acceptors (Lipinski definition) is 1. The van der Waals surface area contributed by atoms with Gasteiger partial charge in [0, 0.05) is 17.8 Å². The van der Waals surface area contributed by atoms with E-state index in [1.165, 1.54) is 21.5 Å². The predicted molar refractivity (Wildman–Crippen MR) is 240 cm³/mol. The molecule has 55 heavy (non-hydrogen) atoms. The molecule has 0 fully saturated rings. The first kappa shape index (κ1) is 36.3. The Morgan fingerprint density at radius 3 is 2.07 bits per heavy atom. The Hall–Kier alpha value is -7.03. The van der Waals surface area contributed by atoms with Gasteiger partial charge in [0.25, 0.3) is 0 Å². The van der Waals surface area contributed by atoms with Gasteiger partial charge in [0.05, 0.1) is 5.69 Å². The van der Waals surface area contributed by atoms with Gasteiger partial charge < -0.3 is 4.57 Å². The van der Waals surface area contributed by atoms with Gasteiger partial charge in [-0.15, -0.1) is 6.58 Å². The molecule has 7 aromatic rings. The second kappa shape index (κ2) is 17.2. The molecule has 1 aromatic heterocycles. The maximum Gasteiger partial charge on any atom is 0.121 e. The van der Waals surface area contributed by atoms with Crippen molar-refractivity contribution in [1.82, 2.24) is 9.55 Å². The van der Waals surface area contributed by atoms with Crippen molar-refractivity contribution in [2.45, 2.75) is 12.3 Å². The second-order valence-corrected chi connectivity index (χ2v) is 13.4. The van der Waals surface area contributed by atoms with Crippen molar-refractivity contribution in [2.75, 3.05) is 0 Å². The number of fused-ring (bicyclic) bond motifs is 3. The second-order valence-electron chi connectivity index (χ2n) is 13.4. The normalized spacial score (nSPS) is 12.1. The molecule has 7 rings (SSSR count). The van der Waals surface area contributed by atoms with Crippen LogP contribution in [0.1, 0.15) is 35.0 Å². The number of nitrogens with zero attached hydrogens (tertiary/aromatic N) is 2. The minimum absolute atomic E-state index is 0.0234. The summed E-state index contributed by atoms with van der Waals surface area (Å²) in [7, 11) is 0. The minimum Gasteiger partial charge on any atom is -0.303 e. The first-order chi connectivity index (χ1) is 27.1. The van der Waals surface area contributed by atoms with Crippen LogP contribution in [0.25, 0.3) is 66.9 Å². The number of hydrogen-bond donors (Lipinski definition) is 0. The van der Waals surface area contributed by atoms with Crippen molar-refractivity contribution in [1.29, 1.82) is 0 Å². The molecule has 0 amide bonds. The summed E-state index contributed by atoms with van der Waals surface area (Å²) in [6, 6.07) is 49.5. The van der Waals surface area contributed by atoms with Crippen molar-refractivity contribution in [3.63, 3.8) is 0 Å². The van der Waals surface area contributed by atoms with Crippen molar-refractivity contribution >= 4 is 50.0 Å². The summed E-state index contributed by atoms with van der Waals surface area (Å²) in [6.07, 6.45) is 20.7. The van der Waals surface area contributed by atoms with E-state index in [9.17, 15) is 0 Å². The van der Waals surface area contributed by atoms with Crippen LogP contribution in [0.3, 0.4) is 0 Å². The lowest BCUT2D eigenvalue weighted by atomic mass is 9.93. The van der Waals surface area contributed by atoms with Gasteiger partial charge in [0.1, 0.15) is 5.82 Å². The molecule has 266 valence electrons. The first-order valence-corrected chi connectivity index (χ1v) is 18.6. The van der Waals surface area contributed by atoms with Crippen LogP contribution in [0.15, 0.2) is 215 Å². The highest BCUT2D eigenvalue weighted by Crippen LogP contribution is 2.34. The highest BCUT2D eigenvalue weighted by atomic mass is 15.1. The van der Waals surface area contributed by atoms with Crippen LogP contribution in [-0.2, 0) is 0 Å². The SMILES string of the molecule is C=C/C=C\C(=C)c1ccccccc(-c2ccc3ccccc3c2)c2cc(/C=C/CC(C=C)c3nc(/C=C\C=C)cn3-c3ccc4ccccc4c3)ccc12. The van der Waals surface area contributed by atoms with Gasteiger partial charge in [-0.3, -0.25) is 0 Å². The molecule has 0 aliphatic carbocycles. The maximum atomic E-state index is 5.08. The average Bonchev–Trinajstić information content (AvgIpc) is 3.65. The molecule has 1 atom stereocenters. The topological polar surface area (TPSA) is 17.8 Å². The van der Waals surface area contributed by atoms with Gasteiger partial charge in [0.2, 0.25) is 0 Å². The fourth-order valence-electron chi connectivity index (χ4n) is 7.01. The van der Waals surface area contributed by atoms with E-state index < -0.39 is 0 Å². The molecule has 0 spiro atoms. The lowest BCUT2D eigenvalue weighted by Crippen LogP contribution is -2.05. The zero-order valence-corrected chi connectivity index (χ0v) is 31.1. The minimum atomic E-state index is -0.0234. The van der Waals surface area contributed by atoms with E-state index in [-0.39, 0.29) is 5.92 Å². The van der Waals surface area contributed by atoms with Gasteiger partial charge >= 0.3 is 0 Å². The number of rotatable bonds is 12. The van der Waals surface area contributed by atoms with Crippen LogP contribution in [0.4, 0.5) is 0 Å². The fraction of sp³-hybridized carbons (Fsp3) is 0.0377. The molecular weight excluding hydrogens is 665 g/mol. The van der Waals surface area contributed by atoms with Crippen molar-refractivity contribution in [3.8, 4) is 16.8 Å². The van der Waals surface area contributed by atoms with Gasteiger partial charge in [-0.25, -0.2) is 4.98 Å². The molecule has 6 aromatic carbocycles. The summed E-state index contributed by atoms with van der Waals surface area (Å²) in [6.45, 7) is 16.4. The highest BCUT2D eigenvalue weighted by Gasteiger charge is 2.17. The van der Waals surface area contributed by atoms with Gasteiger partial charge in [-0.2, -0.15) is 0 Å². The summed E-state index contributed by atoms with van der Waals surface area (Å²) in [5.41, 5.74) is 7.28. The van der Waals surface area contributed by atoms with E-state index >= 15 is 0 Å². The summed E-state index contributed by atoms with van der Waals surface area (Å²) in [4.78, 5) is 5.08. The van der Waals surface area contributed by atoms with E-state index in [1.807, 2.05) is 30.4 Å². The third-order valence-electron chi connectivity index (χ3n) is 9.81. The monoisotopic (exact) mass is 708 g/mol. The Kier molecular flexibility index (Phi) is 11.4. The van der Waals surface area contributed by atoms with Crippen molar-refractivity contribution in [3.05, 3.63) is 237 Å². The molecule has 0 aliphatic heterocycles. The van der Waals surface area contributed by atoms with Crippen molar-refractivity contribution in [2.24, 2.45) is 0 Å². The molecule has 0 aliphatic rings. The quantitative estimate of drug-likeness (QED) is 0.0913. The standard InChI is InChI=1S/C53H44N2/c1-5-8-19-39(4)49-27-12-10-11-13-28-50(46-31-30-42-21-14-16-23-44(42)36-46)52-35-40(29-34-51(49)52)20-18-25-41(7-3)53-54-47(26-9-6-2)38-55(53)48-33-32-43-22-15-17-24-45(43)37-48/h5-24,26-38,41H,1-4,25H2/b11-10?,12-10?,13-11?,19-8-,20-18+,26-9-,27-12?,28-13?,49-27?,50-28?,51-49?,52-50?. The average molecular weight is 709 g/mol. The smallest absolute Gasteiger partial charge is 0.121 e. The van der Waals surface area contributed by atoms with Crippen LogP contribution < -0.4 is 0 Å². The zero-order valence-electron chi connectivity index (χ0n) is 31.1. The van der Waals surface area contributed by atoms with E-state index in [2.05, 4.69) is 189 Å². The molecule has 0 radical (unpaired) electrons. The summed E-state index contributed by atoms with van der Waals surface area (Å²) < 4.78 is 2.19. The Morgan fingerprint density at radius 1 is 0.636 bits per heavy atom. The van der Waals surface area contributed by atoms with E-state index in [0.717, 1.165) is 62.2 Å². The van der Waals surface area contributed by atoms with Crippen LogP contribution in [-0.4, -0.2) is 9.55 Å². The number of imidazole rings is 1. The third-order valence-corrected chi connectivity index (χ3v) is 9.81. The van der Waals surface area contributed by atoms with Crippen molar-refractivity contribution < 1.29 is 0 Å². The fourth-order valence-corrected chi connectivity index (χ4v) is 7.01. The lowest BCUT2D eigenvalue weighted by molar-refractivity contribution is 0.759. The Labute approximate surface area is 324 Å². The summed E-state index contributed by atoms with van der Waals surface area (Å²) in [5.74, 6) is 0.913. The van der Waals surface area contributed by atoms with Gasteiger partial charge in [-0.05, 0) is 96.9 Å². The predicted octanol–water partition coefficient (Wildman–Crippen LogP) is 14.5. The van der Waals surface area contributed by atoms with E-state index in [0.29, 0.717) is 0 Å². The Morgan fingerprint density at radius 2 is 1.33 bits per heavy atom. The lowest BCUT2D eigenvalue weighted by Gasteiger charge is -2.14. The van der Waals surface area contributed by atoms with Crippen LogP contribution >= 0.6 is 0 Å². The zero-order chi connectivity index (χ0) is 38.0. The molecule has 2 heteroatoms. The molecule has 0 saturated heterocycles. The van der Waals surface area contributed by atoms with Crippen LogP contribution in [0.2, 0.25) is 0 Å². The summed E-state index contributed by atoms with van der Waals surface area (Å²) in [5, 5.41) is 7.04. The first-order valence-electron chi connectivity index (χ1n) is 18.6. The number of benzene rings is 5. The molecule has 1 heterocycles. The third kappa shape index (κ3) is 8.30. The molecule has 2 nitrogen and oxygen atoms in total. The number of allylic oxidation sites excluding steroid dienone is 8. The highest BCUT2D eigenvalue weighted by molar-refractivity contribution is 6.04. The summed E-state index contributed by atoms with van der Waals surface area (Å²) >= 11 is 0. The molecule has 1 unspecified atom stereocenters. The van der Waals surface area contributed by atoms with E-state index in [1.54, 1.807) is 12.2 Å². The largest absolute Gasteiger partial charge is 0.303 e. The molecular formula is C53H44N2.